The van der Waals surface area contributed by atoms with Crippen LogP contribution in [0.15, 0.2) is 322 Å². The smallest absolute Gasteiger partial charge is 0.252 e. The fourth-order valence-corrected chi connectivity index (χ4v) is 16.6. The van der Waals surface area contributed by atoms with Gasteiger partial charge in [0.1, 0.15) is 0 Å². The minimum absolute atomic E-state index is 0.106. The van der Waals surface area contributed by atoms with Gasteiger partial charge in [-0.3, -0.25) is 0 Å². The lowest BCUT2D eigenvalue weighted by atomic mass is 9.33. The molecule has 99 heavy (non-hydrogen) atoms. The minimum atomic E-state index is -0.160. The summed E-state index contributed by atoms with van der Waals surface area (Å²) in [5.74, 6) is 0. The van der Waals surface area contributed by atoms with Crippen LogP contribution in [0.3, 0.4) is 0 Å². The van der Waals surface area contributed by atoms with E-state index < -0.39 is 0 Å². The standard InChI is InChI=1S/C94H71BN4/c1-93(2,3)66-53-63(54-67(57-66)94(4,5)6)61-50-62(52-65(51-61)91-78-40-18-16-38-76(78)90(60-28-10-7-11-29-60)77-39-17-19-41-79(77)91)64-55-88-92-89(56-64)97(69-32-14-9-15-33-69)87-59-71(99-84-44-26-22-36-74(84)75-37-23-27-45-85(75)99)47-49-81(87)95(92)80-48-46-70(58-86(80)96(88)68-30-12-8-13-31-68)98-82-42-24-20-34-72(82)73-35-21-25-43-83(73)98/h7-59H,1-6H3. The number of rotatable bonds is 8. The molecule has 0 N–H and O–H groups in total. The van der Waals surface area contributed by atoms with E-state index in [0.29, 0.717) is 0 Å². The molecule has 0 saturated heterocycles. The maximum atomic E-state index is 2.59. The molecule has 0 fully saturated rings. The molecule has 2 aromatic heterocycles. The monoisotopic (exact) mass is 1270 g/mol. The van der Waals surface area contributed by atoms with Gasteiger partial charge in [-0.05, 0) is 208 Å². The SMILES string of the molecule is CC(C)(C)c1cc(-c2cc(-c3cc4c5c(c3)N(c3ccccc3)c3cc(-n6c7ccccc7c7ccccc76)ccc3B5c3ccc(-n5c6ccccc6c6ccccc65)cc3N4c3ccccc3)cc(-c3c4ccccc4c(-c4ccccc4)c4ccccc34)c2)cc(C(C)(C)C)c1. The van der Waals surface area contributed by atoms with Crippen LogP contribution in [0.2, 0.25) is 0 Å². The Morgan fingerprint density at radius 1 is 0.232 bits per heavy atom. The Bertz CT molecular complexity index is 5720. The van der Waals surface area contributed by atoms with Gasteiger partial charge in [-0.2, -0.15) is 0 Å². The highest BCUT2D eigenvalue weighted by Gasteiger charge is 2.44. The van der Waals surface area contributed by atoms with E-state index in [1.807, 2.05) is 0 Å². The van der Waals surface area contributed by atoms with Crippen molar-refractivity contribution in [1.29, 1.82) is 0 Å². The first kappa shape index (κ1) is 58.4. The van der Waals surface area contributed by atoms with E-state index in [-0.39, 0.29) is 17.5 Å². The van der Waals surface area contributed by atoms with Crippen molar-refractivity contribution >= 4 is 122 Å². The van der Waals surface area contributed by atoms with Crippen molar-refractivity contribution in [3.8, 4) is 55.9 Å². The van der Waals surface area contributed by atoms with Gasteiger partial charge < -0.3 is 18.9 Å². The molecule has 0 radical (unpaired) electrons. The molecule has 4 nitrogen and oxygen atoms in total. The summed E-state index contributed by atoms with van der Waals surface area (Å²) in [5, 5.41) is 9.85. The number of hydrogen-bond donors (Lipinski definition) is 0. The minimum Gasteiger partial charge on any atom is -0.311 e. The number of anilines is 6. The van der Waals surface area contributed by atoms with Crippen LogP contribution in [-0.2, 0) is 10.8 Å². The summed E-state index contributed by atoms with van der Waals surface area (Å²) in [5.41, 5.74) is 29.4. The molecule has 470 valence electrons. The van der Waals surface area contributed by atoms with Gasteiger partial charge >= 0.3 is 0 Å². The summed E-state index contributed by atoms with van der Waals surface area (Å²) in [7, 11) is 0. The Morgan fingerprint density at radius 3 is 0.929 bits per heavy atom. The molecule has 0 spiro atoms. The Balaban J connectivity index is 0.940. The highest BCUT2D eigenvalue weighted by Crippen LogP contribution is 2.51. The Morgan fingerprint density at radius 2 is 0.545 bits per heavy atom. The predicted molar refractivity (Wildman–Crippen MR) is 423 cm³/mol. The van der Waals surface area contributed by atoms with Crippen LogP contribution < -0.4 is 26.2 Å². The molecule has 2 aliphatic rings. The average molecular weight is 1270 g/mol. The second-order valence-corrected chi connectivity index (χ2v) is 29.2. The van der Waals surface area contributed by atoms with Crippen molar-refractivity contribution in [1.82, 2.24) is 9.13 Å². The number of benzene rings is 15. The van der Waals surface area contributed by atoms with Gasteiger partial charge in [0.2, 0.25) is 0 Å². The van der Waals surface area contributed by atoms with Crippen molar-refractivity contribution in [2.24, 2.45) is 0 Å². The van der Waals surface area contributed by atoms with Crippen molar-refractivity contribution < 1.29 is 0 Å². The van der Waals surface area contributed by atoms with Crippen LogP contribution in [-0.4, -0.2) is 15.8 Å². The van der Waals surface area contributed by atoms with Gasteiger partial charge in [0.15, 0.2) is 0 Å². The van der Waals surface area contributed by atoms with E-state index in [2.05, 4.69) is 382 Å². The molecule has 2 aliphatic heterocycles. The molecule has 4 heterocycles. The first-order valence-electron chi connectivity index (χ1n) is 34.8. The lowest BCUT2D eigenvalue weighted by Gasteiger charge is -2.44. The Hall–Kier alpha value is -11.9. The van der Waals surface area contributed by atoms with Gasteiger partial charge in [-0.15, -0.1) is 0 Å². The zero-order valence-corrected chi connectivity index (χ0v) is 56.5. The Kier molecular flexibility index (Phi) is 13.2. The van der Waals surface area contributed by atoms with Crippen LogP contribution in [0.25, 0.3) is 121 Å². The molecule has 0 aliphatic carbocycles. The van der Waals surface area contributed by atoms with Gasteiger partial charge in [0.05, 0.1) is 22.1 Å². The van der Waals surface area contributed by atoms with Crippen molar-refractivity contribution in [3.05, 3.63) is 333 Å². The highest BCUT2D eigenvalue weighted by molar-refractivity contribution is 7.00. The fourth-order valence-electron chi connectivity index (χ4n) is 16.6. The van der Waals surface area contributed by atoms with E-state index in [4.69, 9.17) is 0 Å². The van der Waals surface area contributed by atoms with Crippen LogP contribution >= 0.6 is 0 Å². The number of aromatic nitrogens is 2. The van der Waals surface area contributed by atoms with Gasteiger partial charge in [-0.1, -0.05) is 260 Å². The molecule has 19 rings (SSSR count). The first-order chi connectivity index (χ1) is 48.4. The van der Waals surface area contributed by atoms with E-state index >= 15 is 0 Å². The molecule has 0 saturated carbocycles. The van der Waals surface area contributed by atoms with Crippen molar-refractivity contribution in [3.63, 3.8) is 0 Å². The van der Waals surface area contributed by atoms with Crippen molar-refractivity contribution in [2.45, 2.75) is 52.4 Å². The van der Waals surface area contributed by atoms with E-state index in [0.717, 1.165) is 56.6 Å². The molecule has 0 atom stereocenters. The summed E-state index contributed by atoms with van der Waals surface area (Å²) in [6.07, 6.45) is 0. The largest absolute Gasteiger partial charge is 0.311 e. The molecule has 5 heteroatoms. The number of nitrogens with zero attached hydrogens (tertiary/aromatic N) is 4. The maximum Gasteiger partial charge on any atom is 0.252 e. The maximum absolute atomic E-state index is 2.59. The zero-order valence-electron chi connectivity index (χ0n) is 56.5. The Labute approximate surface area is 578 Å². The molecule has 0 unspecified atom stereocenters. The molecule has 15 aromatic carbocycles. The summed E-state index contributed by atoms with van der Waals surface area (Å²) in [4.78, 5) is 5.17. The number of para-hydroxylation sites is 6. The van der Waals surface area contributed by atoms with Crippen LogP contribution in [0.1, 0.15) is 52.7 Å². The third-order valence-electron chi connectivity index (χ3n) is 21.3. The summed E-state index contributed by atoms with van der Waals surface area (Å²) < 4.78 is 4.95. The van der Waals surface area contributed by atoms with E-state index in [1.54, 1.807) is 0 Å². The second-order valence-electron chi connectivity index (χ2n) is 29.2. The fraction of sp³-hybridized carbons (Fsp3) is 0.0851. The normalized spacial score (nSPS) is 12.9. The number of fused-ring (bicyclic) bond motifs is 12. The van der Waals surface area contributed by atoms with Gasteiger partial charge in [-0.25, -0.2) is 0 Å². The molecule has 0 bridgehead atoms. The summed E-state index contributed by atoms with van der Waals surface area (Å²) in [6.45, 7) is 13.9. The molecule has 0 amide bonds. The lowest BCUT2D eigenvalue weighted by molar-refractivity contribution is 0.569. The van der Waals surface area contributed by atoms with Crippen LogP contribution in [0.4, 0.5) is 34.1 Å². The second kappa shape index (κ2) is 22.3. The quantitative estimate of drug-likeness (QED) is 0.111. The summed E-state index contributed by atoms with van der Waals surface area (Å²) >= 11 is 0. The highest BCUT2D eigenvalue weighted by atomic mass is 15.2. The third kappa shape index (κ3) is 9.28. The molecular formula is C94H71BN4. The molecule has 17 aromatic rings. The average Bonchev–Trinajstić information content (AvgIpc) is 1.16. The predicted octanol–water partition coefficient (Wildman–Crippen LogP) is 23.5. The van der Waals surface area contributed by atoms with Crippen LogP contribution in [0, 0.1) is 0 Å². The van der Waals surface area contributed by atoms with Crippen LogP contribution in [0.5, 0.6) is 0 Å². The summed E-state index contributed by atoms with van der Waals surface area (Å²) in [6, 6.07) is 122. The zero-order chi connectivity index (χ0) is 66.4. The van der Waals surface area contributed by atoms with Gasteiger partial charge in [0, 0.05) is 67.0 Å². The van der Waals surface area contributed by atoms with Crippen molar-refractivity contribution in [2.75, 3.05) is 9.80 Å². The first-order valence-corrected chi connectivity index (χ1v) is 34.8. The third-order valence-corrected chi connectivity index (χ3v) is 21.3. The lowest BCUT2D eigenvalue weighted by Crippen LogP contribution is -2.61. The number of hydrogen-bond acceptors (Lipinski definition) is 2. The van der Waals surface area contributed by atoms with E-state index in [9.17, 15) is 0 Å². The van der Waals surface area contributed by atoms with E-state index in [1.165, 1.54) is 126 Å². The topological polar surface area (TPSA) is 16.3 Å². The van der Waals surface area contributed by atoms with Gasteiger partial charge in [0.25, 0.3) is 6.71 Å². The molecular weight excluding hydrogens is 1200 g/mol.